The Morgan fingerprint density at radius 1 is 0.909 bits per heavy atom. The van der Waals surface area contributed by atoms with Crippen molar-refractivity contribution >= 4 is 23.2 Å². The van der Waals surface area contributed by atoms with E-state index < -0.39 is 0 Å². The highest BCUT2D eigenvalue weighted by molar-refractivity contribution is 7.25. The molecule has 0 atom stereocenters. The van der Waals surface area contributed by atoms with Gasteiger partial charge in [-0.25, -0.2) is 0 Å². The highest BCUT2D eigenvalue weighted by Gasteiger charge is 2.52. The standard InChI is InChI=1S/C17H21BO3S/c1-16(2)17(3,4)21-18(20-16)15-11-10-14(22-15)12-6-8-13(19-5)9-7-12/h6-11H,1-5H3. The first-order valence-electron chi connectivity index (χ1n) is 7.42. The molecule has 3 nitrogen and oxygen atoms in total. The molecule has 1 aromatic heterocycles. The van der Waals surface area contributed by atoms with Gasteiger partial charge in [0.1, 0.15) is 5.75 Å². The summed E-state index contributed by atoms with van der Waals surface area (Å²) in [4.78, 5) is 1.20. The minimum Gasteiger partial charge on any atom is -0.497 e. The van der Waals surface area contributed by atoms with Gasteiger partial charge in [-0.1, -0.05) is 6.07 Å². The van der Waals surface area contributed by atoms with E-state index >= 15 is 0 Å². The first kappa shape index (κ1) is 15.6. The Morgan fingerprint density at radius 2 is 1.50 bits per heavy atom. The Kier molecular flexibility index (Phi) is 3.83. The quantitative estimate of drug-likeness (QED) is 0.808. The summed E-state index contributed by atoms with van der Waals surface area (Å²) in [6.07, 6.45) is 0. The molecule has 22 heavy (non-hydrogen) atoms. The fraction of sp³-hybridized carbons (Fsp3) is 0.412. The monoisotopic (exact) mass is 316 g/mol. The van der Waals surface area contributed by atoms with Gasteiger partial charge in [-0.15, -0.1) is 11.3 Å². The van der Waals surface area contributed by atoms with Crippen molar-refractivity contribution in [2.24, 2.45) is 0 Å². The van der Waals surface area contributed by atoms with Crippen LogP contribution in [-0.2, 0) is 9.31 Å². The second-order valence-corrected chi connectivity index (χ2v) is 7.63. The summed E-state index contributed by atoms with van der Waals surface area (Å²) in [7, 11) is 1.39. The van der Waals surface area contributed by atoms with Crippen molar-refractivity contribution in [3.63, 3.8) is 0 Å². The smallest absolute Gasteiger partial charge is 0.497 e. The number of ether oxygens (including phenoxy) is 1. The number of hydrogen-bond donors (Lipinski definition) is 0. The lowest BCUT2D eigenvalue weighted by atomic mass is 9.88. The van der Waals surface area contributed by atoms with Crippen molar-refractivity contribution in [3.8, 4) is 16.2 Å². The summed E-state index contributed by atoms with van der Waals surface area (Å²) in [5.41, 5.74) is 0.567. The Labute approximate surface area is 136 Å². The van der Waals surface area contributed by atoms with Crippen LogP contribution in [0.4, 0.5) is 0 Å². The van der Waals surface area contributed by atoms with Gasteiger partial charge in [0.2, 0.25) is 0 Å². The molecule has 0 saturated carbocycles. The first-order valence-corrected chi connectivity index (χ1v) is 8.24. The summed E-state index contributed by atoms with van der Waals surface area (Å²) in [6.45, 7) is 8.30. The number of benzene rings is 1. The summed E-state index contributed by atoms with van der Waals surface area (Å²) < 4.78 is 18.5. The normalized spacial score (nSPS) is 19.4. The lowest BCUT2D eigenvalue weighted by Crippen LogP contribution is -2.41. The number of hydrogen-bond acceptors (Lipinski definition) is 4. The van der Waals surface area contributed by atoms with Gasteiger partial charge in [0.05, 0.1) is 18.3 Å². The van der Waals surface area contributed by atoms with Crippen molar-refractivity contribution < 1.29 is 14.0 Å². The van der Waals surface area contributed by atoms with Crippen LogP contribution in [0.1, 0.15) is 27.7 Å². The molecule has 0 radical (unpaired) electrons. The number of rotatable bonds is 3. The van der Waals surface area contributed by atoms with Crippen LogP contribution in [0, 0.1) is 0 Å². The molecule has 1 saturated heterocycles. The first-order chi connectivity index (χ1) is 10.3. The van der Waals surface area contributed by atoms with Gasteiger partial charge in [-0.3, -0.25) is 0 Å². The molecule has 0 aliphatic carbocycles. The molecular formula is C17H21BO3S. The summed E-state index contributed by atoms with van der Waals surface area (Å²) in [5.74, 6) is 0.867. The number of thiophene rings is 1. The van der Waals surface area contributed by atoms with Crippen LogP contribution < -0.4 is 9.51 Å². The average Bonchev–Trinajstić information content (AvgIpc) is 3.03. The maximum absolute atomic E-state index is 6.10. The van der Waals surface area contributed by atoms with Gasteiger partial charge in [-0.2, -0.15) is 0 Å². The van der Waals surface area contributed by atoms with Crippen LogP contribution in [0.2, 0.25) is 0 Å². The molecule has 0 spiro atoms. The van der Waals surface area contributed by atoms with Gasteiger partial charge in [0.25, 0.3) is 0 Å². The molecule has 1 aliphatic rings. The van der Waals surface area contributed by atoms with Crippen LogP contribution in [0.5, 0.6) is 5.75 Å². The summed E-state index contributed by atoms with van der Waals surface area (Å²) in [6, 6.07) is 12.3. The topological polar surface area (TPSA) is 27.7 Å². The fourth-order valence-electron chi connectivity index (χ4n) is 2.35. The van der Waals surface area contributed by atoms with Crippen LogP contribution in [0.15, 0.2) is 36.4 Å². The maximum Gasteiger partial charge on any atom is 0.505 e. The van der Waals surface area contributed by atoms with Crippen LogP contribution >= 0.6 is 11.3 Å². The van der Waals surface area contributed by atoms with Crippen LogP contribution in [-0.4, -0.2) is 25.4 Å². The molecule has 0 N–H and O–H groups in total. The lowest BCUT2D eigenvalue weighted by molar-refractivity contribution is 0.00578. The van der Waals surface area contributed by atoms with Crippen molar-refractivity contribution in [3.05, 3.63) is 36.4 Å². The van der Waals surface area contributed by atoms with Crippen molar-refractivity contribution in [1.29, 1.82) is 0 Å². The predicted octanol–water partition coefficient (Wildman–Crippen LogP) is 3.72. The summed E-state index contributed by atoms with van der Waals surface area (Å²) in [5, 5.41) is 0. The van der Waals surface area contributed by atoms with Gasteiger partial charge in [-0.05, 0) is 63.6 Å². The van der Waals surface area contributed by atoms with E-state index in [1.165, 1.54) is 10.4 Å². The van der Waals surface area contributed by atoms with Gasteiger partial charge >= 0.3 is 7.12 Å². The van der Waals surface area contributed by atoms with Crippen molar-refractivity contribution in [1.82, 2.24) is 0 Å². The lowest BCUT2D eigenvalue weighted by Gasteiger charge is -2.32. The zero-order chi connectivity index (χ0) is 16.0. The maximum atomic E-state index is 6.10. The molecule has 1 aliphatic heterocycles. The van der Waals surface area contributed by atoms with Gasteiger partial charge in [0.15, 0.2) is 0 Å². The Bertz CT molecular complexity index is 645. The Hall–Kier alpha value is -1.30. The largest absolute Gasteiger partial charge is 0.505 e. The molecule has 3 rings (SSSR count). The highest BCUT2D eigenvalue weighted by Crippen LogP contribution is 2.37. The van der Waals surface area contributed by atoms with Crippen LogP contribution in [0.25, 0.3) is 10.4 Å². The Balaban J connectivity index is 1.82. The molecule has 1 fully saturated rings. The van der Waals surface area contributed by atoms with E-state index in [0.29, 0.717) is 0 Å². The molecular weight excluding hydrogens is 295 g/mol. The van der Waals surface area contributed by atoms with E-state index in [9.17, 15) is 0 Å². The van der Waals surface area contributed by atoms with Gasteiger partial charge in [0, 0.05) is 9.65 Å². The molecule has 0 bridgehead atoms. The van der Waals surface area contributed by atoms with E-state index in [-0.39, 0.29) is 18.3 Å². The van der Waals surface area contributed by atoms with E-state index in [4.69, 9.17) is 14.0 Å². The third-order valence-electron chi connectivity index (χ3n) is 4.49. The molecule has 1 aromatic carbocycles. The molecule has 0 unspecified atom stereocenters. The molecule has 0 amide bonds. The number of methoxy groups -OCH3 is 1. The second kappa shape index (κ2) is 5.41. The molecule has 2 aromatic rings. The molecule has 116 valence electrons. The van der Waals surface area contributed by atoms with Crippen molar-refractivity contribution in [2.75, 3.05) is 7.11 Å². The van der Waals surface area contributed by atoms with E-state index in [0.717, 1.165) is 10.5 Å². The predicted molar refractivity (Wildman–Crippen MR) is 92.0 cm³/mol. The fourth-order valence-corrected chi connectivity index (χ4v) is 3.32. The van der Waals surface area contributed by atoms with Crippen LogP contribution in [0.3, 0.4) is 0 Å². The molecule has 2 heterocycles. The van der Waals surface area contributed by atoms with E-state index in [2.05, 4.69) is 52.0 Å². The third-order valence-corrected chi connectivity index (χ3v) is 5.64. The van der Waals surface area contributed by atoms with Crippen molar-refractivity contribution in [2.45, 2.75) is 38.9 Å². The van der Waals surface area contributed by atoms with Gasteiger partial charge < -0.3 is 14.0 Å². The second-order valence-electron chi connectivity index (χ2n) is 6.52. The van der Waals surface area contributed by atoms with E-state index in [1.807, 2.05) is 12.1 Å². The minimum atomic E-state index is -0.304. The highest BCUT2D eigenvalue weighted by atomic mass is 32.1. The zero-order valence-electron chi connectivity index (χ0n) is 13.7. The SMILES string of the molecule is COc1ccc(-c2ccc(B3OC(C)(C)C(C)(C)O3)s2)cc1. The average molecular weight is 316 g/mol. The summed E-state index contributed by atoms with van der Waals surface area (Å²) >= 11 is 1.71. The Morgan fingerprint density at radius 3 is 2.05 bits per heavy atom. The minimum absolute atomic E-state index is 0.290. The van der Waals surface area contributed by atoms with E-state index in [1.54, 1.807) is 18.4 Å². The zero-order valence-corrected chi connectivity index (χ0v) is 14.5. The molecule has 5 heteroatoms. The third kappa shape index (κ3) is 2.69.